The molecular weight excluding hydrogens is 374 g/mol. The van der Waals surface area contributed by atoms with Crippen molar-refractivity contribution in [3.05, 3.63) is 58.6 Å². The standard InChI is InChI=1S/C22H26ClN3O2/c1-15-6-8-16(9-7-15)22(28)26-12-4-5-17(14-26)21(27)24-19-13-18(23)10-11-20(19)25(2)3/h6-11,13,17H,4-5,12,14H2,1-3H3,(H,24,27). The third kappa shape index (κ3) is 4.65. The molecule has 2 aromatic carbocycles. The first kappa shape index (κ1) is 20.2. The highest BCUT2D eigenvalue weighted by Gasteiger charge is 2.29. The maximum atomic E-state index is 12.9. The second kappa shape index (κ2) is 8.65. The summed E-state index contributed by atoms with van der Waals surface area (Å²) in [4.78, 5) is 29.4. The van der Waals surface area contributed by atoms with Gasteiger partial charge in [0.2, 0.25) is 5.91 Å². The topological polar surface area (TPSA) is 52.7 Å². The molecule has 1 aliphatic heterocycles. The van der Waals surface area contributed by atoms with Gasteiger partial charge in [0.25, 0.3) is 5.91 Å². The number of carbonyl (C=O) groups is 2. The molecule has 0 saturated carbocycles. The Hall–Kier alpha value is -2.53. The Balaban J connectivity index is 1.70. The molecule has 1 aliphatic rings. The summed E-state index contributed by atoms with van der Waals surface area (Å²) in [6.45, 7) is 3.10. The van der Waals surface area contributed by atoms with Crippen LogP contribution in [0.5, 0.6) is 0 Å². The highest BCUT2D eigenvalue weighted by molar-refractivity contribution is 6.31. The van der Waals surface area contributed by atoms with E-state index in [1.54, 1.807) is 17.0 Å². The lowest BCUT2D eigenvalue weighted by Crippen LogP contribution is -2.43. The molecule has 5 nitrogen and oxygen atoms in total. The Bertz CT molecular complexity index is 865. The summed E-state index contributed by atoms with van der Waals surface area (Å²) in [5, 5.41) is 3.58. The molecule has 6 heteroatoms. The Kier molecular flexibility index (Phi) is 6.25. The van der Waals surface area contributed by atoms with Crippen molar-refractivity contribution in [1.82, 2.24) is 4.90 Å². The number of piperidine rings is 1. The van der Waals surface area contributed by atoms with Gasteiger partial charge in [0.1, 0.15) is 0 Å². The van der Waals surface area contributed by atoms with Crippen molar-refractivity contribution in [3.8, 4) is 0 Å². The second-order valence-corrected chi connectivity index (χ2v) is 7.94. The Labute approximate surface area is 171 Å². The van der Waals surface area contributed by atoms with Gasteiger partial charge in [0.15, 0.2) is 0 Å². The van der Waals surface area contributed by atoms with Crippen molar-refractivity contribution < 1.29 is 9.59 Å². The zero-order chi connectivity index (χ0) is 20.3. The molecule has 1 fully saturated rings. The molecule has 2 amide bonds. The first-order chi connectivity index (χ1) is 13.3. The van der Waals surface area contributed by atoms with Crippen molar-refractivity contribution in [2.45, 2.75) is 19.8 Å². The molecule has 0 spiro atoms. The van der Waals surface area contributed by atoms with E-state index < -0.39 is 0 Å². The number of rotatable bonds is 4. The van der Waals surface area contributed by atoms with Gasteiger partial charge in [-0.2, -0.15) is 0 Å². The number of benzene rings is 2. The lowest BCUT2D eigenvalue weighted by molar-refractivity contribution is -0.121. The number of nitrogens with zero attached hydrogens (tertiary/aromatic N) is 2. The van der Waals surface area contributed by atoms with E-state index in [-0.39, 0.29) is 17.7 Å². The molecule has 1 heterocycles. The number of amides is 2. The molecule has 28 heavy (non-hydrogen) atoms. The predicted octanol–water partition coefficient (Wildman–Crippen LogP) is 4.21. The number of hydrogen-bond acceptors (Lipinski definition) is 3. The fourth-order valence-corrected chi connectivity index (χ4v) is 3.66. The monoisotopic (exact) mass is 399 g/mol. The number of anilines is 2. The van der Waals surface area contributed by atoms with E-state index in [0.29, 0.717) is 29.4 Å². The van der Waals surface area contributed by atoms with E-state index in [1.807, 2.05) is 56.3 Å². The van der Waals surface area contributed by atoms with Crippen molar-refractivity contribution in [2.75, 3.05) is 37.4 Å². The number of carbonyl (C=O) groups excluding carboxylic acids is 2. The van der Waals surface area contributed by atoms with Crippen LogP contribution < -0.4 is 10.2 Å². The van der Waals surface area contributed by atoms with Crippen molar-refractivity contribution in [3.63, 3.8) is 0 Å². The van der Waals surface area contributed by atoms with Crippen LogP contribution in [-0.2, 0) is 4.79 Å². The minimum absolute atomic E-state index is 0.0192. The molecule has 2 aromatic rings. The molecule has 0 bridgehead atoms. The van der Waals surface area contributed by atoms with E-state index in [4.69, 9.17) is 11.6 Å². The Morgan fingerprint density at radius 1 is 1.14 bits per heavy atom. The smallest absolute Gasteiger partial charge is 0.253 e. The molecule has 1 unspecified atom stereocenters. The number of hydrogen-bond donors (Lipinski definition) is 1. The second-order valence-electron chi connectivity index (χ2n) is 7.50. The lowest BCUT2D eigenvalue weighted by Gasteiger charge is -2.32. The summed E-state index contributed by atoms with van der Waals surface area (Å²) >= 11 is 6.11. The quantitative estimate of drug-likeness (QED) is 0.838. The van der Waals surface area contributed by atoms with E-state index in [9.17, 15) is 9.59 Å². The third-order valence-corrected chi connectivity index (χ3v) is 5.31. The van der Waals surface area contributed by atoms with Crippen LogP contribution in [0.2, 0.25) is 5.02 Å². The summed E-state index contributed by atoms with van der Waals surface area (Å²) in [6, 6.07) is 13.0. The van der Waals surface area contributed by atoms with E-state index in [2.05, 4.69) is 5.32 Å². The largest absolute Gasteiger partial charge is 0.376 e. The van der Waals surface area contributed by atoms with Crippen LogP contribution in [0.25, 0.3) is 0 Å². The van der Waals surface area contributed by atoms with Crippen LogP contribution in [0.1, 0.15) is 28.8 Å². The number of aryl methyl sites for hydroxylation is 1. The number of nitrogens with one attached hydrogen (secondary N) is 1. The van der Waals surface area contributed by atoms with Crippen LogP contribution in [0, 0.1) is 12.8 Å². The molecule has 0 radical (unpaired) electrons. The van der Waals surface area contributed by atoms with Gasteiger partial charge >= 0.3 is 0 Å². The average molecular weight is 400 g/mol. The van der Waals surface area contributed by atoms with Gasteiger partial charge in [-0.1, -0.05) is 29.3 Å². The van der Waals surface area contributed by atoms with Crippen LogP contribution in [0.3, 0.4) is 0 Å². The molecule has 3 rings (SSSR count). The fraction of sp³-hybridized carbons (Fsp3) is 0.364. The van der Waals surface area contributed by atoms with Crippen molar-refractivity contribution >= 4 is 34.8 Å². The maximum absolute atomic E-state index is 12.9. The summed E-state index contributed by atoms with van der Waals surface area (Å²) in [6.07, 6.45) is 1.58. The van der Waals surface area contributed by atoms with Gasteiger partial charge in [-0.05, 0) is 50.1 Å². The fourth-order valence-electron chi connectivity index (χ4n) is 3.49. The first-order valence-electron chi connectivity index (χ1n) is 9.49. The molecule has 1 atom stereocenters. The SMILES string of the molecule is Cc1ccc(C(=O)N2CCCC(C(=O)Nc3cc(Cl)ccc3N(C)C)C2)cc1. The van der Waals surface area contributed by atoms with Gasteiger partial charge in [-0.3, -0.25) is 9.59 Å². The van der Waals surface area contributed by atoms with Gasteiger partial charge in [0.05, 0.1) is 17.3 Å². The molecule has 0 aromatic heterocycles. The minimum Gasteiger partial charge on any atom is -0.376 e. The molecule has 1 saturated heterocycles. The molecule has 148 valence electrons. The summed E-state index contributed by atoms with van der Waals surface area (Å²) in [5.41, 5.74) is 3.35. The Morgan fingerprint density at radius 2 is 1.86 bits per heavy atom. The molecule has 0 aliphatic carbocycles. The normalized spacial score (nSPS) is 16.6. The lowest BCUT2D eigenvalue weighted by atomic mass is 9.96. The number of halogens is 1. The van der Waals surface area contributed by atoms with Crippen LogP contribution in [-0.4, -0.2) is 43.9 Å². The average Bonchev–Trinajstić information content (AvgIpc) is 2.68. The first-order valence-corrected chi connectivity index (χ1v) is 9.86. The zero-order valence-electron chi connectivity index (χ0n) is 16.5. The van der Waals surface area contributed by atoms with E-state index >= 15 is 0 Å². The maximum Gasteiger partial charge on any atom is 0.253 e. The van der Waals surface area contributed by atoms with Crippen LogP contribution >= 0.6 is 11.6 Å². The molecule has 1 N–H and O–H groups in total. The third-order valence-electron chi connectivity index (χ3n) is 5.08. The zero-order valence-corrected chi connectivity index (χ0v) is 17.3. The number of likely N-dealkylation sites (tertiary alicyclic amines) is 1. The van der Waals surface area contributed by atoms with Gasteiger partial charge < -0.3 is 15.1 Å². The van der Waals surface area contributed by atoms with Crippen molar-refractivity contribution in [2.24, 2.45) is 5.92 Å². The Morgan fingerprint density at radius 3 is 2.54 bits per heavy atom. The van der Waals surface area contributed by atoms with Crippen LogP contribution in [0.4, 0.5) is 11.4 Å². The minimum atomic E-state index is -0.239. The van der Waals surface area contributed by atoms with Crippen LogP contribution in [0.15, 0.2) is 42.5 Å². The van der Waals surface area contributed by atoms with E-state index in [0.717, 1.165) is 24.1 Å². The highest BCUT2D eigenvalue weighted by Crippen LogP contribution is 2.29. The summed E-state index contributed by atoms with van der Waals surface area (Å²) in [7, 11) is 3.84. The van der Waals surface area contributed by atoms with Crippen molar-refractivity contribution in [1.29, 1.82) is 0 Å². The van der Waals surface area contributed by atoms with Gasteiger partial charge in [0, 0.05) is 37.8 Å². The van der Waals surface area contributed by atoms with Gasteiger partial charge in [-0.15, -0.1) is 0 Å². The summed E-state index contributed by atoms with van der Waals surface area (Å²) < 4.78 is 0. The van der Waals surface area contributed by atoms with Gasteiger partial charge in [-0.25, -0.2) is 0 Å². The summed E-state index contributed by atoms with van der Waals surface area (Å²) in [5.74, 6) is -0.335. The predicted molar refractivity (Wildman–Crippen MR) is 114 cm³/mol. The van der Waals surface area contributed by atoms with E-state index in [1.165, 1.54) is 0 Å². The highest BCUT2D eigenvalue weighted by atomic mass is 35.5. The molecular formula is C22H26ClN3O2.